The first-order valence-corrected chi connectivity index (χ1v) is 6.53. The molecule has 0 radical (unpaired) electrons. The summed E-state index contributed by atoms with van der Waals surface area (Å²) in [6.45, 7) is 2.27. The Balaban J connectivity index is 0. The molecule has 4 heteroatoms. The number of fused-ring (bicyclic) bond motifs is 1. The van der Waals surface area contributed by atoms with Crippen molar-refractivity contribution >= 4 is 6.08 Å². The van der Waals surface area contributed by atoms with E-state index in [4.69, 9.17) is 0 Å². The molecule has 0 nitrogen and oxygen atoms in total. The summed E-state index contributed by atoms with van der Waals surface area (Å²) >= 11 is 1.63. The fourth-order valence-electron chi connectivity index (χ4n) is 2.04. The van der Waals surface area contributed by atoms with Gasteiger partial charge in [-0.25, -0.2) is 0 Å². The van der Waals surface area contributed by atoms with Crippen molar-refractivity contribution in [1.29, 1.82) is 0 Å². The van der Waals surface area contributed by atoms with Crippen LogP contribution in [-0.4, -0.2) is 0 Å². The third-order valence-electron chi connectivity index (χ3n) is 2.91. The third-order valence-corrected chi connectivity index (χ3v) is 4.60. The van der Waals surface area contributed by atoms with Gasteiger partial charge in [0.25, 0.3) is 0 Å². The second-order valence-corrected chi connectivity index (χ2v) is 6.19. The number of hydrogen-bond donors (Lipinski definition) is 0. The number of benzene rings is 1. The molecule has 0 saturated heterocycles. The quantitative estimate of drug-likeness (QED) is 0.522. The molecule has 0 N–H and O–H groups in total. The number of rotatable bonds is 3. The molecule has 17 heavy (non-hydrogen) atoms. The average Bonchev–Trinajstić information content (AvgIpc) is 2.55. The van der Waals surface area contributed by atoms with Crippen molar-refractivity contribution in [2.24, 2.45) is 0 Å². The molecule has 0 fully saturated rings. The van der Waals surface area contributed by atoms with Crippen LogP contribution in [0, 0.1) is 0 Å². The smallest absolute Gasteiger partial charge is 1.00 e. The van der Waals surface area contributed by atoms with Crippen LogP contribution in [0.4, 0.5) is 0 Å². The Morgan fingerprint density at radius 1 is 1.12 bits per heavy atom. The summed E-state index contributed by atoms with van der Waals surface area (Å²) in [6.07, 6.45) is 8.65. The summed E-state index contributed by atoms with van der Waals surface area (Å²) in [5.74, 6) is 0. The normalized spacial score (nSPS) is 19.7. The number of allylic oxidation sites excluding steroid dienone is 1. The van der Waals surface area contributed by atoms with Crippen LogP contribution in [0.2, 0.25) is 0 Å². The van der Waals surface area contributed by atoms with Crippen LogP contribution in [0.15, 0.2) is 30.3 Å². The second kappa shape index (κ2) is 7.86. The molecule has 0 amide bonds. The SMILES string of the molecule is CCCC[C]1([Zr+3])C=Cc2ccccc21.[F-].[F-].[F-]. The maximum absolute atomic E-state index is 2.41. The van der Waals surface area contributed by atoms with E-state index in [-0.39, 0.29) is 14.1 Å². The second-order valence-electron chi connectivity index (χ2n) is 4.00. The van der Waals surface area contributed by atoms with Gasteiger partial charge in [-0.15, -0.1) is 0 Å². The van der Waals surface area contributed by atoms with Gasteiger partial charge in [0.2, 0.25) is 0 Å². The summed E-state index contributed by atoms with van der Waals surface area (Å²) in [4.78, 5) is 0. The van der Waals surface area contributed by atoms with Gasteiger partial charge >= 0.3 is 102 Å². The molecular formula is C13H15F3Zr. The van der Waals surface area contributed by atoms with Crippen LogP contribution in [0.25, 0.3) is 6.08 Å². The molecule has 0 spiro atoms. The monoisotopic (exact) mass is 318 g/mol. The number of hydrogen-bond acceptors (Lipinski definition) is 0. The Bertz CT molecular complexity index is 365. The van der Waals surface area contributed by atoms with Gasteiger partial charge in [0.05, 0.1) is 0 Å². The molecule has 0 saturated carbocycles. The van der Waals surface area contributed by atoms with Gasteiger partial charge in [0.15, 0.2) is 0 Å². The predicted octanol–water partition coefficient (Wildman–Crippen LogP) is -5.34. The first-order valence-electron chi connectivity index (χ1n) is 5.30. The van der Waals surface area contributed by atoms with Crippen LogP contribution >= 0.6 is 0 Å². The van der Waals surface area contributed by atoms with E-state index in [9.17, 15) is 0 Å². The minimum Gasteiger partial charge on any atom is -1.00 e. The molecule has 92 valence electrons. The topological polar surface area (TPSA) is 0 Å². The van der Waals surface area contributed by atoms with E-state index in [0.29, 0.717) is 3.12 Å². The van der Waals surface area contributed by atoms with Crippen molar-refractivity contribution in [2.75, 3.05) is 0 Å². The van der Waals surface area contributed by atoms with Crippen LogP contribution in [-0.2, 0) is 27.8 Å². The largest absolute Gasteiger partial charge is 1.00 e. The first-order chi connectivity index (χ1) is 6.76. The predicted molar refractivity (Wildman–Crippen MR) is 56.7 cm³/mol. The molecule has 1 aromatic rings. The van der Waals surface area contributed by atoms with Crippen LogP contribution in [0.1, 0.15) is 37.3 Å². The molecule has 0 aliphatic heterocycles. The summed E-state index contributed by atoms with van der Waals surface area (Å²) in [5.41, 5.74) is 2.98. The van der Waals surface area contributed by atoms with E-state index in [1.807, 2.05) is 0 Å². The minimum absolute atomic E-state index is 0. The zero-order valence-electron chi connectivity index (χ0n) is 9.72. The van der Waals surface area contributed by atoms with Gasteiger partial charge in [-0.3, -0.25) is 0 Å². The van der Waals surface area contributed by atoms with Gasteiger partial charge in [-0.05, 0) is 0 Å². The molecule has 1 atom stereocenters. The Kier molecular flexibility index (Phi) is 8.78. The molecule has 1 aromatic carbocycles. The molecule has 1 aliphatic rings. The summed E-state index contributed by atoms with van der Waals surface area (Å²) in [5, 5.41) is 0. The van der Waals surface area contributed by atoms with E-state index in [0.717, 1.165) is 0 Å². The summed E-state index contributed by atoms with van der Waals surface area (Å²) < 4.78 is 0.388. The van der Waals surface area contributed by atoms with E-state index < -0.39 is 0 Å². The van der Waals surface area contributed by atoms with Crippen molar-refractivity contribution in [3.8, 4) is 0 Å². The standard InChI is InChI=1S/C13H15.3FH.Zr/c1-2-3-6-11-9-10-12-7-4-5-8-13(11)12;;;;/h4-5,7-10H,2-3,6H2,1H3;3*1H;/q;;;;+3/p-3. The molecule has 1 unspecified atom stereocenters. The third kappa shape index (κ3) is 3.81. The number of halogens is 3. The van der Waals surface area contributed by atoms with Gasteiger partial charge in [-0.2, -0.15) is 0 Å². The Morgan fingerprint density at radius 3 is 2.41 bits per heavy atom. The zero-order chi connectivity index (χ0) is 10.0. The van der Waals surface area contributed by atoms with E-state index >= 15 is 0 Å². The molecule has 1 aliphatic carbocycles. The van der Waals surface area contributed by atoms with Crippen molar-refractivity contribution in [1.82, 2.24) is 0 Å². The molecule has 0 bridgehead atoms. The van der Waals surface area contributed by atoms with Crippen molar-refractivity contribution in [3.05, 3.63) is 41.5 Å². The van der Waals surface area contributed by atoms with Crippen molar-refractivity contribution < 1.29 is 38.8 Å². The molecule has 2 rings (SSSR count). The molecule has 0 aromatic heterocycles. The fraction of sp³-hybridized carbons (Fsp3) is 0.385. The minimum atomic E-state index is 0. The van der Waals surface area contributed by atoms with Crippen LogP contribution < -0.4 is 14.1 Å². The van der Waals surface area contributed by atoms with E-state index in [2.05, 4.69) is 43.3 Å². The van der Waals surface area contributed by atoms with Gasteiger partial charge in [0.1, 0.15) is 0 Å². The average molecular weight is 319 g/mol. The van der Waals surface area contributed by atoms with Gasteiger partial charge in [0, 0.05) is 0 Å². The maximum atomic E-state index is 2.41. The van der Waals surface area contributed by atoms with Crippen LogP contribution in [0.5, 0.6) is 0 Å². The summed E-state index contributed by atoms with van der Waals surface area (Å²) in [6, 6.07) is 8.81. The zero-order valence-corrected chi connectivity index (χ0v) is 12.2. The van der Waals surface area contributed by atoms with Gasteiger partial charge in [-0.1, -0.05) is 0 Å². The Hall–Kier alpha value is -0.367. The Morgan fingerprint density at radius 2 is 1.76 bits per heavy atom. The van der Waals surface area contributed by atoms with Gasteiger partial charge < -0.3 is 14.1 Å². The maximum Gasteiger partial charge on any atom is -1.00 e. The van der Waals surface area contributed by atoms with E-state index in [1.165, 1.54) is 24.8 Å². The van der Waals surface area contributed by atoms with E-state index in [1.54, 1.807) is 30.3 Å². The molecule has 0 heterocycles. The van der Waals surface area contributed by atoms with Crippen molar-refractivity contribution in [2.45, 2.75) is 29.3 Å². The first kappa shape index (κ1) is 19.0. The van der Waals surface area contributed by atoms with Crippen molar-refractivity contribution in [3.63, 3.8) is 0 Å². The Labute approximate surface area is 115 Å². The summed E-state index contributed by atoms with van der Waals surface area (Å²) in [7, 11) is 0. The van der Waals surface area contributed by atoms with Crippen LogP contribution in [0.3, 0.4) is 0 Å². The fourth-order valence-corrected chi connectivity index (χ4v) is 3.24. The number of unbranched alkanes of at least 4 members (excludes halogenated alkanes) is 1. The molecular weight excluding hydrogens is 304 g/mol.